The second-order valence-electron chi connectivity index (χ2n) is 5.80. The monoisotopic (exact) mass is 301 g/mol. The largest absolute Gasteiger partial charge is 0.317 e. The molecule has 1 N–H and O–H groups in total. The van der Waals surface area contributed by atoms with Crippen molar-refractivity contribution in [3.63, 3.8) is 0 Å². The highest BCUT2D eigenvalue weighted by molar-refractivity contribution is 5.85. The fourth-order valence-corrected chi connectivity index (χ4v) is 3.08. The van der Waals surface area contributed by atoms with E-state index in [-0.39, 0.29) is 12.4 Å². The van der Waals surface area contributed by atoms with Gasteiger partial charge in [-0.2, -0.15) is 0 Å². The first-order valence-corrected chi connectivity index (χ1v) is 7.77. The minimum Gasteiger partial charge on any atom is -0.317 e. The highest BCUT2D eigenvalue weighted by Gasteiger charge is 2.12. The van der Waals surface area contributed by atoms with Gasteiger partial charge in [-0.25, -0.2) is 0 Å². The van der Waals surface area contributed by atoms with E-state index in [4.69, 9.17) is 0 Å². The first kappa shape index (κ1) is 16.1. The van der Waals surface area contributed by atoms with Crippen LogP contribution >= 0.6 is 12.4 Å². The number of halogens is 1. The lowest BCUT2D eigenvalue weighted by atomic mass is 9.91. The standard InChI is InChI=1S/C19H23N.ClH/c1-2-6-18(7-3-1)19-8-4-5-17(15-19)10-9-16-11-13-20-14-12-16;/h1-8,15-16,20H,9-14H2;1H. The van der Waals surface area contributed by atoms with Gasteiger partial charge >= 0.3 is 0 Å². The topological polar surface area (TPSA) is 12.0 Å². The Bertz CT molecular complexity index is 532. The van der Waals surface area contributed by atoms with Crippen LogP contribution < -0.4 is 5.32 Å². The maximum absolute atomic E-state index is 3.44. The summed E-state index contributed by atoms with van der Waals surface area (Å²) in [5.74, 6) is 0.914. The van der Waals surface area contributed by atoms with E-state index in [1.807, 2.05) is 0 Å². The third-order valence-corrected chi connectivity index (χ3v) is 4.33. The van der Waals surface area contributed by atoms with Crippen molar-refractivity contribution in [2.24, 2.45) is 5.92 Å². The molecule has 1 aliphatic rings. The van der Waals surface area contributed by atoms with Gasteiger partial charge in [0.1, 0.15) is 0 Å². The number of hydrogen-bond acceptors (Lipinski definition) is 1. The molecule has 2 aromatic carbocycles. The van der Waals surface area contributed by atoms with Crippen LogP contribution in [0, 0.1) is 5.92 Å². The predicted molar refractivity (Wildman–Crippen MR) is 93.0 cm³/mol. The molecule has 0 amide bonds. The fraction of sp³-hybridized carbons (Fsp3) is 0.368. The Kier molecular flexibility index (Phi) is 6.28. The van der Waals surface area contributed by atoms with Crippen molar-refractivity contribution in [1.29, 1.82) is 0 Å². The van der Waals surface area contributed by atoms with Gasteiger partial charge in [-0.05, 0) is 61.4 Å². The first-order chi connectivity index (χ1) is 9.92. The van der Waals surface area contributed by atoms with Crippen LogP contribution in [0.1, 0.15) is 24.8 Å². The zero-order valence-corrected chi connectivity index (χ0v) is 13.2. The molecular weight excluding hydrogens is 278 g/mol. The minimum atomic E-state index is 0. The number of hydrogen-bond donors (Lipinski definition) is 1. The van der Waals surface area contributed by atoms with Gasteiger partial charge in [-0.1, -0.05) is 54.6 Å². The van der Waals surface area contributed by atoms with Crippen molar-refractivity contribution in [3.8, 4) is 11.1 Å². The molecule has 3 rings (SSSR count). The molecule has 2 aromatic rings. The third-order valence-electron chi connectivity index (χ3n) is 4.33. The summed E-state index contributed by atoms with van der Waals surface area (Å²) in [4.78, 5) is 0. The van der Waals surface area contributed by atoms with E-state index in [1.165, 1.54) is 55.5 Å². The van der Waals surface area contributed by atoms with E-state index in [2.05, 4.69) is 59.9 Å². The van der Waals surface area contributed by atoms with Crippen LogP contribution in [0.3, 0.4) is 0 Å². The zero-order chi connectivity index (χ0) is 13.6. The van der Waals surface area contributed by atoms with E-state index < -0.39 is 0 Å². The summed E-state index contributed by atoms with van der Waals surface area (Å²) in [6.07, 6.45) is 5.24. The van der Waals surface area contributed by atoms with Crippen molar-refractivity contribution in [1.82, 2.24) is 5.32 Å². The molecule has 2 heteroatoms. The van der Waals surface area contributed by atoms with Crippen LogP contribution in [0.25, 0.3) is 11.1 Å². The molecule has 1 heterocycles. The van der Waals surface area contributed by atoms with E-state index in [0.717, 1.165) is 5.92 Å². The molecule has 0 unspecified atom stereocenters. The second kappa shape index (κ2) is 8.21. The summed E-state index contributed by atoms with van der Waals surface area (Å²) < 4.78 is 0. The summed E-state index contributed by atoms with van der Waals surface area (Å²) in [5, 5.41) is 3.44. The Morgan fingerprint density at radius 2 is 1.57 bits per heavy atom. The quantitative estimate of drug-likeness (QED) is 0.862. The molecule has 112 valence electrons. The van der Waals surface area contributed by atoms with Gasteiger partial charge in [0.05, 0.1) is 0 Å². The van der Waals surface area contributed by atoms with E-state index >= 15 is 0 Å². The maximum Gasteiger partial charge on any atom is -0.00463 e. The van der Waals surface area contributed by atoms with Crippen molar-refractivity contribution < 1.29 is 0 Å². The molecule has 0 atom stereocenters. The molecule has 21 heavy (non-hydrogen) atoms. The number of aryl methyl sites for hydroxylation is 1. The summed E-state index contributed by atoms with van der Waals surface area (Å²) in [6, 6.07) is 19.7. The highest BCUT2D eigenvalue weighted by atomic mass is 35.5. The van der Waals surface area contributed by atoms with Crippen molar-refractivity contribution >= 4 is 12.4 Å². The van der Waals surface area contributed by atoms with Crippen LogP contribution in [0.2, 0.25) is 0 Å². The van der Waals surface area contributed by atoms with Gasteiger partial charge in [0.2, 0.25) is 0 Å². The average molecular weight is 302 g/mol. The lowest BCUT2D eigenvalue weighted by Crippen LogP contribution is -2.27. The van der Waals surface area contributed by atoms with Gasteiger partial charge in [-0.3, -0.25) is 0 Å². The summed E-state index contributed by atoms with van der Waals surface area (Å²) in [6.45, 7) is 2.41. The molecule has 0 bridgehead atoms. The molecule has 0 saturated carbocycles. The van der Waals surface area contributed by atoms with Crippen LogP contribution in [0.5, 0.6) is 0 Å². The minimum absolute atomic E-state index is 0. The molecule has 0 spiro atoms. The van der Waals surface area contributed by atoms with Gasteiger partial charge in [0.15, 0.2) is 0 Å². The molecule has 1 fully saturated rings. The summed E-state index contributed by atoms with van der Waals surface area (Å²) in [7, 11) is 0. The lowest BCUT2D eigenvalue weighted by molar-refractivity contribution is 0.354. The van der Waals surface area contributed by atoms with E-state index in [1.54, 1.807) is 0 Å². The molecule has 0 radical (unpaired) electrons. The van der Waals surface area contributed by atoms with Crippen LogP contribution in [0.15, 0.2) is 54.6 Å². The Hall–Kier alpha value is -1.31. The first-order valence-electron chi connectivity index (χ1n) is 7.77. The number of rotatable bonds is 4. The Morgan fingerprint density at radius 3 is 2.33 bits per heavy atom. The Labute approximate surface area is 134 Å². The lowest BCUT2D eigenvalue weighted by Gasteiger charge is -2.22. The summed E-state index contributed by atoms with van der Waals surface area (Å²) >= 11 is 0. The van der Waals surface area contributed by atoms with Crippen LogP contribution in [-0.4, -0.2) is 13.1 Å². The highest BCUT2D eigenvalue weighted by Crippen LogP contribution is 2.23. The molecule has 0 aliphatic carbocycles. The number of benzene rings is 2. The van der Waals surface area contributed by atoms with E-state index in [0.29, 0.717) is 0 Å². The maximum atomic E-state index is 3.44. The zero-order valence-electron chi connectivity index (χ0n) is 12.4. The molecule has 1 saturated heterocycles. The summed E-state index contributed by atoms with van der Waals surface area (Å²) in [5.41, 5.74) is 4.13. The van der Waals surface area contributed by atoms with Crippen LogP contribution in [-0.2, 0) is 6.42 Å². The fourth-order valence-electron chi connectivity index (χ4n) is 3.08. The van der Waals surface area contributed by atoms with E-state index in [9.17, 15) is 0 Å². The number of piperidine rings is 1. The normalized spacial score (nSPS) is 15.4. The average Bonchev–Trinajstić information content (AvgIpc) is 2.55. The molecule has 1 aliphatic heterocycles. The Balaban J connectivity index is 0.00000161. The SMILES string of the molecule is Cl.c1ccc(-c2cccc(CCC3CCNCC3)c2)cc1. The van der Waals surface area contributed by atoms with Crippen molar-refractivity contribution in [3.05, 3.63) is 60.2 Å². The van der Waals surface area contributed by atoms with Crippen molar-refractivity contribution in [2.45, 2.75) is 25.7 Å². The smallest absolute Gasteiger partial charge is 0.00463 e. The van der Waals surface area contributed by atoms with Gasteiger partial charge in [0.25, 0.3) is 0 Å². The van der Waals surface area contributed by atoms with Gasteiger partial charge in [-0.15, -0.1) is 12.4 Å². The molecule has 1 nitrogen and oxygen atoms in total. The van der Waals surface area contributed by atoms with Crippen LogP contribution in [0.4, 0.5) is 0 Å². The second-order valence-corrected chi connectivity index (χ2v) is 5.80. The van der Waals surface area contributed by atoms with Gasteiger partial charge in [0, 0.05) is 0 Å². The third kappa shape index (κ3) is 4.59. The predicted octanol–water partition coefficient (Wildman–Crippen LogP) is 4.71. The number of nitrogens with one attached hydrogen (secondary N) is 1. The van der Waals surface area contributed by atoms with Gasteiger partial charge < -0.3 is 5.32 Å². The molecular formula is C19H24ClN. The molecule has 0 aromatic heterocycles. The van der Waals surface area contributed by atoms with Crippen molar-refractivity contribution in [2.75, 3.05) is 13.1 Å². The Morgan fingerprint density at radius 1 is 0.857 bits per heavy atom.